The number of nitrogens with zero attached hydrogens (tertiary/aromatic N) is 1. The van der Waals surface area contributed by atoms with Crippen molar-refractivity contribution in [1.29, 1.82) is 0 Å². The molecule has 0 bridgehead atoms. The van der Waals surface area contributed by atoms with Gasteiger partial charge in [-0.15, -0.1) is 0 Å². The first-order chi connectivity index (χ1) is 14.0. The molecule has 1 aliphatic heterocycles. The molecule has 29 heavy (non-hydrogen) atoms. The highest BCUT2D eigenvalue weighted by Gasteiger charge is 2.58. The summed E-state index contributed by atoms with van der Waals surface area (Å²) in [6, 6.07) is 6.49. The van der Waals surface area contributed by atoms with Crippen LogP contribution >= 0.6 is 0 Å². The van der Waals surface area contributed by atoms with Crippen LogP contribution in [0.2, 0.25) is 0 Å². The van der Waals surface area contributed by atoms with E-state index in [1.54, 1.807) is 0 Å². The molecule has 3 fully saturated rings. The maximum Gasteiger partial charge on any atom is 0.244 e. The number of pyridine rings is 1. The van der Waals surface area contributed by atoms with Crippen molar-refractivity contribution in [2.45, 2.75) is 84.1 Å². The highest BCUT2D eigenvalue weighted by Crippen LogP contribution is 2.64. The number of aromatic nitrogens is 1. The van der Waals surface area contributed by atoms with Crippen molar-refractivity contribution >= 4 is 5.91 Å². The standard InChI is InChI=1S/C26H36N2O/c1-25-14-6-10-21(25)20-11-12-23-26(2,22(20)13-15-25)18(17-24(29)28-23)7-5-9-19-8-3-4-16-27-19/h3-4,8,16-17,20-23H,5-7,9-15H2,1-2H3,(H,28,29)/t20-,21-,22-,23+,25-,26+/m0/s1. The minimum atomic E-state index is 0.139. The molecule has 1 aromatic heterocycles. The van der Waals surface area contributed by atoms with Gasteiger partial charge in [-0.1, -0.05) is 31.9 Å². The molecule has 1 amide bonds. The van der Waals surface area contributed by atoms with Gasteiger partial charge in [-0.2, -0.15) is 0 Å². The number of aryl methyl sites for hydroxylation is 1. The van der Waals surface area contributed by atoms with Gasteiger partial charge in [0.05, 0.1) is 0 Å². The van der Waals surface area contributed by atoms with E-state index in [1.807, 2.05) is 18.3 Å². The molecule has 0 unspecified atom stereocenters. The Balaban J connectivity index is 1.39. The van der Waals surface area contributed by atoms with E-state index in [0.29, 0.717) is 11.5 Å². The van der Waals surface area contributed by atoms with Crippen molar-refractivity contribution in [2.24, 2.45) is 28.6 Å². The fourth-order valence-electron chi connectivity index (χ4n) is 7.90. The summed E-state index contributed by atoms with van der Waals surface area (Å²) in [5.41, 5.74) is 3.32. The van der Waals surface area contributed by atoms with Gasteiger partial charge in [0, 0.05) is 29.4 Å². The van der Waals surface area contributed by atoms with Crippen LogP contribution in [-0.4, -0.2) is 16.9 Å². The molecule has 3 saturated carbocycles. The van der Waals surface area contributed by atoms with Gasteiger partial charge in [-0.25, -0.2) is 0 Å². The number of hydrogen-bond donors (Lipinski definition) is 1. The maximum atomic E-state index is 12.5. The van der Waals surface area contributed by atoms with Crippen molar-refractivity contribution in [3.8, 4) is 0 Å². The molecule has 5 rings (SSSR count). The minimum Gasteiger partial charge on any atom is -0.349 e. The number of hydrogen-bond acceptors (Lipinski definition) is 2. The summed E-state index contributed by atoms with van der Waals surface area (Å²) in [4.78, 5) is 17.0. The predicted molar refractivity (Wildman–Crippen MR) is 116 cm³/mol. The summed E-state index contributed by atoms with van der Waals surface area (Å²) in [6.07, 6.45) is 16.5. The van der Waals surface area contributed by atoms with Gasteiger partial charge in [-0.3, -0.25) is 9.78 Å². The molecule has 4 aliphatic rings. The van der Waals surface area contributed by atoms with Crippen molar-refractivity contribution in [3.05, 3.63) is 41.7 Å². The first-order valence-corrected chi connectivity index (χ1v) is 11.9. The minimum absolute atomic E-state index is 0.139. The molecule has 1 aromatic rings. The molecule has 156 valence electrons. The zero-order valence-corrected chi connectivity index (χ0v) is 18.1. The smallest absolute Gasteiger partial charge is 0.244 e. The van der Waals surface area contributed by atoms with E-state index >= 15 is 0 Å². The Morgan fingerprint density at radius 3 is 2.79 bits per heavy atom. The second-order valence-electron chi connectivity index (χ2n) is 10.7. The van der Waals surface area contributed by atoms with Crippen LogP contribution in [0.25, 0.3) is 0 Å². The molecule has 0 aromatic carbocycles. The third-order valence-electron chi connectivity index (χ3n) is 9.42. The number of nitrogens with one attached hydrogen (secondary N) is 1. The highest BCUT2D eigenvalue weighted by molar-refractivity contribution is 5.90. The average molecular weight is 393 g/mol. The summed E-state index contributed by atoms with van der Waals surface area (Å²) in [5, 5.41) is 3.37. The van der Waals surface area contributed by atoms with Crippen LogP contribution in [0, 0.1) is 28.6 Å². The van der Waals surface area contributed by atoms with Gasteiger partial charge in [0.15, 0.2) is 0 Å². The molecule has 3 aliphatic carbocycles. The summed E-state index contributed by atoms with van der Waals surface area (Å²) in [5.74, 6) is 2.64. The molecule has 1 N–H and O–H groups in total. The van der Waals surface area contributed by atoms with Gasteiger partial charge in [-0.05, 0) is 93.1 Å². The quantitative estimate of drug-likeness (QED) is 0.739. The van der Waals surface area contributed by atoms with Crippen molar-refractivity contribution < 1.29 is 4.79 Å². The van der Waals surface area contributed by atoms with Crippen molar-refractivity contribution in [2.75, 3.05) is 0 Å². The Morgan fingerprint density at radius 1 is 1.07 bits per heavy atom. The van der Waals surface area contributed by atoms with Crippen molar-refractivity contribution in [3.63, 3.8) is 0 Å². The van der Waals surface area contributed by atoms with Crippen LogP contribution in [-0.2, 0) is 11.2 Å². The van der Waals surface area contributed by atoms with Crippen LogP contribution in [0.4, 0.5) is 0 Å². The first kappa shape index (κ1) is 19.3. The van der Waals surface area contributed by atoms with E-state index in [4.69, 9.17) is 0 Å². The number of amides is 1. The number of fused-ring (bicyclic) bond motifs is 5. The molecule has 3 heteroatoms. The van der Waals surface area contributed by atoms with Crippen LogP contribution in [0.1, 0.15) is 77.3 Å². The van der Waals surface area contributed by atoms with Crippen LogP contribution < -0.4 is 5.32 Å². The topological polar surface area (TPSA) is 42.0 Å². The lowest BCUT2D eigenvalue weighted by Gasteiger charge is -2.60. The van der Waals surface area contributed by atoms with E-state index < -0.39 is 0 Å². The molecular formula is C26H36N2O. The third-order valence-corrected chi connectivity index (χ3v) is 9.42. The Hall–Kier alpha value is -1.64. The highest BCUT2D eigenvalue weighted by atomic mass is 16.1. The molecule has 0 spiro atoms. The first-order valence-electron chi connectivity index (χ1n) is 11.9. The second kappa shape index (κ2) is 7.25. The van der Waals surface area contributed by atoms with E-state index in [9.17, 15) is 4.79 Å². The van der Waals surface area contributed by atoms with Gasteiger partial charge in [0.2, 0.25) is 5.91 Å². The normalized spacial score (nSPS) is 41.0. The largest absolute Gasteiger partial charge is 0.349 e. The van der Waals surface area contributed by atoms with Gasteiger partial charge in [0.1, 0.15) is 0 Å². The third kappa shape index (κ3) is 3.16. The fraction of sp³-hybridized carbons (Fsp3) is 0.692. The van der Waals surface area contributed by atoms with E-state index in [1.165, 1.54) is 44.1 Å². The number of carbonyl (C=O) groups is 1. The summed E-state index contributed by atoms with van der Waals surface area (Å²) >= 11 is 0. The Labute approximate surface area is 175 Å². The van der Waals surface area contributed by atoms with Gasteiger partial charge < -0.3 is 5.32 Å². The van der Waals surface area contributed by atoms with Crippen LogP contribution in [0.15, 0.2) is 36.0 Å². The zero-order chi connectivity index (χ0) is 20.1. The molecule has 6 atom stereocenters. The summed E-state index contributed by atoms with van der Waals surface area (Å²) < 4.78 is 0. The number of rotatable bonds is 4. The number of carbonyl (C=O) groups excluding carboxylic acids is 1. The van der Waals surface area contributed by atoms with Crippen LogP contribution in [0.5, 0.6) is 0 Å². The van der Waals surface area contributed by atoms with E-state index in [0.717, 1.165) is 49.1 Å². The Kier molecular flexibility index (Phi) is 4.83. The molecule has 0 radical (unpaired) electrons. The monoisotopic (exact) mass is 392 g/mol. The lowest BCUT2D eigenvalue weighted by molar-refractivity contribution is -0.123. The van der Waals surface area contributed by atoms with E-state index in [-0.39, 0.29) is 11.3 Å². The van der Waals surface area contributed by atoms with E-state index in [2.05, 4.69) is 36.3 Å². The zero-order valence-electron chi connectivity index (χ0n) is 18.1. The molecule has 3 nitrogen and oxygen atoms in total. The second-order valence-corrected chi connectivity index (χ2v) is 10.7. The Bertz CT molecular complexity index is 802. The van der Waals surface area contributed by atoms with Crippen LogP contribution in [0.3, 0.4) is 0 Å². The fourth-order valence-corrected chi connectivity index (χ4v) is 7.90. The lowest BCUT2D eigenvalue weighted by atomic mass is 9.47. The predicted octanol–water partition coefficient (Wildman–Crippen LogP) is 5.46. The molecule has 2 heterocycles. The average Bonchev–Trinajstić information content (AvgIpc) is 3.11. The maximum absolute atomic E-state index is 12.5. The lowest BCUT2D eigenvalue weighted by Crippen LogP contribution is -2.60. The summed E-state index contributed by atoms with van der Waals surface area (Å²) in [6.45, 7) is 5.07. The van der Waals surface area contributed by atoms with Crippen molar-refractivity contribution in [1.82, 2.24) is 10.3 Å². The Morgan fingerprint density at radius 2 is 1.97 bits per heavy atom. The van der Waals surface area contributed by atoms with Gasteiger partial charge >= 0.3 is 0 Å². The SMILES string of the molecule is C[C@@]12CCC[C@H]1[C@@H]1CC[C@H]3NC(=O)C=C(CCCc4ccccn4)[C@]3(C)[C@H]1CC2. The molecular weight excluding hydrogens is 356 g/mol. The molecule has 0 saturated heterocycles. The summed E-state index contributed by atoms with van der Waals surface area (Å²) in [7, 11) is 0. The van der Waals surface area contributed by atoms with Gasteiger partial charge in [0.25, 0.3) is 0 Å².